The van der Waals surface area contributed by atoms with Crippen LogP contribution in [0.5, 0.6) is 0 Å². The molecule has 170 valence electrons. The summed E-state index contributed by atoms with van der Waals surface area (Å²) < 4.78 is 5.92. The average Bonchev–Trinajstić information content (AvgIpc) is 2.86. The minimum Gasteiger partial charge on any atom is -0.478 e. The molecule has 3 aromatic carbocycles. The summed E-state index contributed by atoms with van der Waals surface area (Å²) >= 11 is 4.31. The van der Waals surface area contributed by atoms with Crippen LogP contribution >= 0.6 is 12.6 Å². The van der Waals surface area contributed by atoms with Crippen LogP contribution in [0.25, 0.3) is 0 Å². The maximum absolute atomic E-state index is 13.3. The first kappa shape index (κ1) is 24.1. The van der Waals surface area contributed by atoms with Gasteiger partial charge >= 0.3 is 11.9 Å². The van der Waals surface area contributed by atoms with Crippen molar-refractivity contribution in [2.24, 2.45) is 0 Å². The van der Waals surface area contributed by atoms with E-state index in [2.05, 4.69) is 12.6 Å². The monoisotopic (exact) mass is 463 g/mol. The zero-order valence-electron chi connectivity index (χ0n) is 18.1. The van der Waals surface area contributed by atoms with Gasteiger partial charge in [0, 0.05) is 12.3 Å². The number of carboxylic acid groups (broad SMARTS) is 1. The summed E-state index contributed by atoms with van der Waals surface area (Å²) in [4.78, 5) is 39.4. The zero-order chi connectivity index (χ0) is 23.8. The fourth-order valence-electron chi connectivity index (χ4n) is 3.60. The lowest BCUT2D eigenvalue weighted by Gasteiger charge is -2.30. The summed E-state index contributed by atoms with van der Waals surface area (Å²) in [6.45, 7) is 1.89. The summed E-state index contributed by atoms with van der Waals surface area (Å²) in [7, 11) is 0. The Kier molecular flexibility index (Phi) is 8.27. The van der Waals surface area contributed by atoms with E-state index in [-0.39, 0.29) is 23.4 Å². The number of esters is 1. The Hall–Kier alpha value is -3.58. The molecule has 0 bridgehead atoms. The predicted octanol–water partition coefficient (Wildman–Crippen LogP) is 4.48. The van der Waals surface area contributed by atoms with Gasteiger partial charge in [-0.05, 0) is 30.2 Å². The average molecular weight is 464 g/mol. The number of carboxylic acids is 1. The van der Waals surface area contributed by atoms with Crippen LogP contribution in [-0.4, -0.2) is 46.2 Å². The lowest BCUT2D eigenvalue weighted by atomic mass is 10.0. The van der Waals surface area contributed by atoms with Crippen LogP contribution in [0.4, 0.5) is 0 Å². The first-order chi connectivity index (χ1) is 16.0. The third-order valence-electron chi connectivity index (χ3n) is 5.25. The van der Waals surface area contributed by atoms with Gasteiger partial charge in [-0.1, -0.05) is 72.8 Å². The highest BCUT2D eigenvalue weighted by atomic mass is 32.1. The second-order valence-electron chi connectivity index (χ2n) is 7.28. The second-order valence-corrected chi connectivity index (χ2v) is 7.64. The van der Waals surface area contributed by atoms with Crippen molar-refractivity contribution in [3.63, 3.8) is 0 Å². The molecular weight excluding hydrogens is 438 g/mol. The number of rotatable bonds is 9. The number of thiol groups is 1. The highest BCUT2D eigenvalue weighted by Gasteiger charge is 2.33. The van der Waals surface area contributed by atoms with Crippen molar-refractivity contribution in [1.29, 1.82) is 0 Å². The van der Waals surface area contributed by atoms with E-state index in [1.807, 2.05) is 60.7 Å². The molecule has 0 fully saturated rings. The van der Waals surface area contributed by atoms with Crippen LogP contribution in [-0.2, 0) is 9.53 Å². The van der Waals surface area contributed by atoms with E-state index in [4.69, 9.17) is 4.74 Å². The molecular formula is C26H25NO5S. The quantitative estimate of drug-likeness (QED) is 0.361. The summed E-state index contributed by atoms with van der Waals surface area (Å²) in [5.41, 5.74) is 1.47. The Morgan fingerprint density at radius 1 is 0.848 bits per heavy atom. The van der Waals surface area contributed by atoms with E-state index in [1.165, 1.54) is 17.0 Å². The van der Waals surface area contributed by atoms with Crippen LogP contribution in [0.1, 0.15) is 44.9 Å². The molecule has 6 nitrogen and oxygen atoms in total. The standard InChI is InChI=1S/C26H25NO5S/c1-2-27(24(28)20-15-9-10-16-21(20)25(29)30)22(17-33)26(31)32-23(18-11-5-3-6-12-18)19-13-7-4-8-14-19/h3-16,22-23,33H,2,17H2,1H3,(H,29,30)/t22-/m0/s1. The number of ether oxygens (including phenoxy) is 1. The van der Waals surface area contributed by atoms with Crippen molar-refractivity contribution in [2.75, 3.05) is 12.3 Å². The van der Waals surface area contributed by atoms with Crippen LogP contribution in [0.15, 0.2) is 84.9 Å². The molecule has 1 atom stereocenters. The largest absolute Gasteiger partial charge is 0.478 e. The number of aromatic carboxylic acids is 1. The van der Waals surface area contributed by atoms with Crippen molar-refractivity contribution in [3.05, 3.63) is 107 Å². The van der Waals surface area contributed by atoms with Gasteiger partial charge in [-0.25, -0.2) is 9.59 Å². The third kappa shape index (κ3) is 5.62. The van der Waals surface area contributed by atoms with E-state index in [1.54, 1.807) is 19.1 Å². The maximum atomic E-state index is 13.3. The van der Waals surface area contributed by atoms with Gasteiger partial charge in [-0.3, -0.25) is 4.79 Å². The molecule has 1 N–H and O–H groups in total. The Balaban J connectivity index is 1.91. The fraction of sp³-hybridized carbons (Fsp3) is 0.192. The van der Waals surface area contributed by atoms with Crippen LogP contribution in [0.2, 0.25) is 0 Å². The van der Waals surface area contributed by atoms with Gasteiger partial charge in [0.2, 0.25) is 0 Å². The Bertz CT molecular complexity index is 1060. The molecule has 0 spiro atoms. The summed E-state index contributed by atoms with van der Waals surface area (Å²) in [5, 5.41) is 9.47. The third-order valence-corrected chi connectivity index (χ3v) is 5.60. The minimum atomic E-state index is -1.21. The van der Waals surface area contributed by atoms with E-state index in [9.17, 15) is 19.5 Å². The van der Waals surface area contributed by atoms with Crippen LogP contribution in [0.3, 0.4) is 0 Å². The Labute approximate surface area is 198 Å². The number of carbonyl (C=O) groups excluding carboxylic acids is 2. The summed E-state index contributed by atoms with van der Waals surface area (Å²) in [6, 6.07) is 23.6. The van der Waals surface area contributed by atoms with Crippen LogP contribution < -0.4 is 0 Å². The molecule has 0 unspecified atom stereocenters. The van der Waals surface area contributed by atoms with Crippen molar-refractivity contribution < 1.29 is 24.2 Å². The molecule has 3 rings (SSSR count). The first-order valence-corrected chi connectivity index (χ1v) is 11.2. The number of nitrogens with zero attached hydrogens (tertiary/aromatic N) is 1. The number of amides is 1. The highest BCUT2D eigenvalue weighted by Crippen LogP contribution is 2.27. The van der Waals surface area contributed by atoms with Crippen molar-refractivity contribution in [1.82, 2.24) is 4.90 Å². The molecule has 1 amide bonds. The molecule has 0 aromatic heterocycles. The maximum Gasteiger partial charge on any atom is 0.336 e. The van der Waals surface area contributed by atoms with Gasteiger partial charge in [0.05, 0.1) is 11.1 Å². The van der Waals surface area contributed by atoms with Crippen molar-refractivity contribution >= 4 is 30.5 Å². The fourth-order valence-corrected chi connectivity index (χ4v) is 3.94. The molecule has 0 aliphatic rings. The summed E-state index contributed by atoms with van der Waals surface area (Å²) in [6.07, 6.45) is -0.664. The van der Waals surface area contributed by atoms with Gasteiger partial charge in [0.15, 0.2) is 6.10 Å². The number of hydrogen-bond acceptors (Lipinski definition) is 5. The Morgan fingerprint density at radius 2 is 1.33 bits per heavy atom. The minimum absolute atomic E-state index is 0.00843. The number of benzene rings is 3. The lowest BCUT2D eigenvalue weighted by molar-refractivity contribution is -0.152. The zero-order valence-corrected chi connectivity index (χ0v) is 19.0. The Morgan fingerprint density at radius 3 is 1.79 bits per heavy atom. The van der Waals surface area contributed by atoms with E-state index >= 15 is 0 Å². The number of hydrogen-bond donors (Lipinski definition) is 2. The topological polar surface area (TPSA) is 83.9 Å². The molecule has 33 heavy (non-hydrogen) atoms. The molecule has 0 saturated carbocycles. The SMILES string of the molecule is CCN(C(=O)c1ccccc1C(=O)O)[C@@H](CS)C(=O)OC(c1ccccc1)c1ccccc1. The molecule has 0 aliphatic carbocycles. The van der Waals surface area contributed by atoms with Gasteiger partial charge < -0.3 is 14.7 Å². The van der Waals surface area contributed by atoms with Gasteiger partial charge in [0.1, 0.15) is 6.04 Å². The lowest BCUT2D eigenvalue weighted by Crippen LogP contribution is -2.47. The van der Waals surface area contributed by atoms with E-state index in [0.29, 0.717) is 0 Å². The van der Waals surface area contributed by atoms with Crippen molar-refractivity contribution in [3.8, 4) is 0 Å². The molecule has 7 heteroatoms. The normalized spacial score (nSPS) is 11.6. The van der Waals surface area contributed by atoms with E-state index in [0.717, 1.165) is 11.1 Å². The predicted molar refractivity (Wildman–Crippen MR) is 129 cm³/mol. The van der Waals surface area contributed by atoms with E-state index < -0.39 is 30.0 Å². The van der Waals surface area contributed by atoms with Gasteiger partial charge in [0.25, 0.3) is 5.91 Å². The smallest absolute Gasteiger partial charge is 0.336 e. The number of likely N-dealkylation sites (N-methyl/N-ethyl adjacent to an activating group) is 1. The molecule has 0 heterocycles. The van der Waals surface area contributed by atoms with Gasteiger partial charge in [-0.15, -0.1) is 0 Å². The van der Waals surface area contributed by atoms with Crippen LogP contribution in [0, 0.1) is 0 Å². The van der Waals surface area contributed by atoms with Gasteiger partial charge in [-0.2, -0.15) is 12.6 Å². The number of carbonyl (C=O) groups is 3. The molecule has 0 aliphatic heterocycles. The molecule has 0 saturated heterocycles. The molecule has 3 aromatic rings. The highest BCUT2D eigenvalue weighted by molar-refractivity contribution is 7.80. The molecule has 0 radical (unpaired) electrons. The summed E-state index contributed by atoms with van der Waals surface area (Å²) in [5.74, 6) is -2.38. The first-order valence-electron chi connectivity index (χ1n) is 10.5. The second kappa shape index (κ2) is 11.3. The van der Waals surface area contributed by atoms with Crippen molar-refractivity contribution in [2.45, 2.75) is 19.1 Å².